The third-order valence-electron chi connectivity index (χ3n) is 2.76. The van der Waals surface area contributed by atoms with E-state index >= 15 is 0 Å². The van der Waals surface area contributed by atoms with Gasteiger partial charge in [0.25, 0.3) is 0 Å². The third-order valence-corrected chi connectivity index (χ3v) is 3.36. The second kappa shape index (κ2) is 6.06. The number of carbonyl (C=O) groups is 1. The van der Waals surface area contributed by atoms with Crippen LogP contribution in [0.1, 0.15) is 12.5 Å². The van der Waals surface area contributed by atoms with Gasteiger partial charge < -0.3 is 14.9 Å². The van der Waals surface area contributed by atoms with Crippen molar-refractivity contribution in [1.29, 1.82) is 0 Å². The van der Waals surface area contributed by atoms with Crippen LogP contribution < -0.4 is 4.74 Å². The molecule has 0 aliphatic heterocycles. The summed E-state index contributed by atoms with van der Waals surface area (Å²) >= 11 is 3.23. The molecule has 1 aromatic carbocycles. The molecule has 0 saturated heterocycles. The summed E-state index contributed by atoms with van der Waals surface area (Å²) in [6.07, 6.45) is 0. The summed E-state index contributed by atoms with van der Waals surface area (Å²) in [6.45, 7) is 2.07. The first kappa shape index (κ1) is 14.8. The molecule has 18 heavy (non-hydrogen) atoms. The summed E-state index contributed by atoms with van der Waals surface area (Å²) in [6, 6.07) is 2.84. The minimum Gasteiger partial charge on any atom is -0.503 e. The van der Waals surface area contributed by atoms with Crippen molar-refractivity contribution in [3.05, 3.63) is 22.2 Å². The first-order chi connectivity index (χ1) is 8.36. The van der Waals surface area contributed by atoms with E-state index in [2.05, 4.69) is 15.9 Å². The topological polar surface area (TPSA) is 70.0 Å². The van der Waals surface area contributed by atoms with E-state index < -0.39 is 12.0 Å². The lowest BCUT2D eigenvalue weighted by atomic mass is 10.1. The van der Waals surface area contributed by atoms with Gasteiger partial charge in [-0.15, -0.1) is 0 Å². The summed E-state index contributed by atoms with van der Waals surface area (Å²) < 4.78 is 5.56. The minimum atomic E-state index is -0.873. The van der Waals surface area contributed by atoms with Gasteiger partial charge in [0.2, 0.25) is 0 Å². The highest BCUT2D eigenvalue weighted by atomic mass is 79.9. The number of phenols is 1. The lowest BCUT2D eigenvalue weighted by Gasteiger charge is -2.21. The van der Waals surface area contributed by atoms with Gasteiger partial charge in [-0.25, -0.2) is 0 Å². The van der Waals surface area contributed by atoms with Crippen LogP contribution >= 0.6 is 15.9 Å². The molecule has 0 bridgehead atoms. The van der Waals surface area contributed by atoms with Gasteiger partial charge in [0.15, 0.2) is 11.5 Å². The number of methoxy groups -OCH3 is 1. The van der Waals surface area contributed by atoms with E-state index in [1.807, 2.05) is 0 Å². The first-order valence-electron chi connectivity index (χ1n) is 5.35. The molecule has 0 amide bonds. The van der Waals surface area contributed by atoms with E-state index in [0.29, 0.717) is 16.8 Å². The Hall–Kier alpha value is -1.27. The molecule has 0 heterocycles. The van der Waals surface area contributed by atoms with Crippen LogP contribution in [-0.4, -0.2) is 41.3 Å². The normalized spacial score (nSPS) is 12.5. The van der Waals surface area contributed by atoms with Crippen molar-refractivity contribution in [3.8, 4) is 11.5 Å². The molecule has 100 valence electrons. The van der Waals surface area contributed by atoms with Crippen molar-refractivity contribution < 1.29 is 19.7 Å². The number of halogens is 1. The number of rotatable bonds is 5. The maximum absolute atomic E-state index is 10.9. The number of hydrogen-bond acceptors (Lipinski definition) is 4. The number of hydrogen-bond donors (Lipinski definition) is 2. The molecule has 0 aliphatic carbocycles. The van der Waals surface area contributed by atoms with Crippen molar-refractivity contribution in [2.45, 2.75) is 19.5 Å². The van der Waals surface area contributed by atoms with Crippen LogP contribution in [0, 0.1) is 0 Å². The van der Waals surface area contributed by atoms with Crippen molar-refractivity contribution in [1.82, 2.24) is 4.90 Å². The summed E-state index contributed by atoms with van der Waals surface area (Å²) in [5.74, 6) is -0.478. The molecule has 1 unspecified atom stereocenters. The van der Waals surface area contributed by atoms with Crippen LogP contribution in [0.4, 0.5) is 0 Å². The Morgan fingerprint density at radius 2 is 2.17 bits per heavy atom. The van der Waals surface area contributed by atoms with Crippen LogP contribution in [0.2, 0.25) is 0 Å². The Bertz CT molecular complexity index is 450. The van der Waals surface area contributed by atoms with Crippen molar-refractivity contribution in [2.75, 3.05) is 14.2 Å². The Balaban J connectivity index is 2.91. The molecule has 0 aromatic heterocycles. The van der Waals surface area contributed by atoms with Crippen LogP contribution in [0.5, 0.6) is 11.5 Å². The standard InChI is InChI=1S/C12H16BrNO4/c1-7(12(16)17)14(2)6-8-4-9(13)11(15)10(5-8)18-3/h4-5,7,15H,6H2,1-3H3,(H,16,17). The van der Waals surface area contributed by atoms with Gasteiger partial charge in [-0.05, 0) is 47.6 Å². The van der Waals surface area contributed by atoms with Crippen molar-refractivity contribution in [3.63, 3.8) is 0 Å². The number of aromatic hydroxyl groups is 1. The second-order valence-corrected chi connectivity index (χ2v) is 4.91. The van der Waals surface area contributed by atoms with Crippen LogP contribution in [-0.2, 0) is 11.3 Å². The SMILES string of the molecule is COc1cc(CN(C)C(C)C(=O)O)cc(Br)c1O. The number of phenolic OH excluding ortho intramolecular Hbond substituents is 1. The average Bonchev–Trinajstić information content (AvgIpc) is 2.32. The van der Waals surface area contributed by atoms with Gasteiger partial charge in [-0.2, -0.15) is 0 Å². The van der Waals surface area contributed by atoms with Gasteiger partial charge in [0.1, 0.15) is 6.04 Å². The molecular weight excluding hydrogens is 302 g/mol. The number of ether oxygens (including phenoxy) is 1. The zero-order valence-corrected chi connectivity index (χ0v) is 12.1. The largest absolute Gasteiger partial charge is 0.503 e. The van der Waals surface area contributed by atoms with E-state index in [-0.39, 0.29) is 5.75 Å². The Morgan fingerprint density at radius 1 is 1.56 bits per heavy atom. The van der Waals surface area contributed by atoms with E-state index in [1.54, 1.807) is 31.0 Å². The van der Waals surface area contributed by atoms with Crippen molar-refractivity contribution >= 4 is 21.9 Å². The number of carboxylic acid groups (broad SMARTS) is 1. The third kappa shape index (κ3) is 3.36. The molecule has 1 atom stereocenters. The fourth-order valence-corrected chi connectivity index (χ4v) is 1.98. The maximum Gasteiger partial charge on any atom is 0.320 e. The zero-order chi connectivity index (χ0) is 13.9. The number of nitrogens with zero attached hydrogens (tertiary/aromatic N) is 1. The first-order valence-corrected chi connectivity index (χ1v) is 6.14. The van der Waals surface area contributed by atoms with Crippen LogP contribution in [0.25, 0.3) is 0 Å². The van der Waals surface area contributed by atoms with Gasteiger partial charge in [-0.3, -0.25) is 9.69 Å². The van der Waals surface area contributed by atoms with Crippen LogP contribution in [0.15, 0.2) is 16.6 Å². The van der Waals surface area contributed by atoms with Crippen molar-refractivity contribution in [2.24, 2.45) is 0 Å². The zero-order valence-electron chi connectivity index (χ0n) is 10.5. The predicted octanol–water partition coefficient (Wildman–Crippen LogP) is 2.07. The molecule has 0 spiro atoms. The summed E-state index contributed by atoms with van der Waals surface area (Å²) in [5, 5.41) is 18.6. The highest BCUT2D eigenvalue weighted by molar-refractivity contribution is 9.10. The molecule has 1 aromatic rings. The smallest absolute Gasteiger partial charge is 0.320 e. The molecule has 0 aliphatic rings. The fourth-order valence-electron chi connectivity index (χ4n) is 1.49. The quantitative estimate of drug-likeness (QED) is 0.870. The van der Waals surface area contributed by atoms with E-state index in [9.17, 15) is 9.90 Å². The second-order valence-electron chi connectivity index (χ2n) is 4.06. The number of benzene rings is 1. The lowest BCUT2D eigenvalue weighted by molar-refractivity contribution is -0.142. The average molecular weight is 318 g/mol. The molecule has 0 radical (unpaired) electrons. The number of carboxylic acids is 1. The minimum absolute atomic E-state index is 0.0372. The van der Waals surface area contributed by atoms with E-state index in [4.69, 9.17) is 9.84 Å². The Morgan fingerprint density at radius 3 is 2.67 bits per heavy atom. The maximum atomic E-state index is 10.9. The molecule has 0 saturated carbocycles. The lowest BCUT2D eigenvalue weighted by Crippen LogP contribution is -2.35. The highest BCUT2D eigenvalue weighted by Crippen LogP contribution is 2.35. The van der Waals surface area contributed by atoms with Crippen LogP contribution in [0.3, 0.4) is 0 Å². The fraction of sp³-hybridized carbons (Fsp3) is 0.417. The monoisotopic (exact) mass is 317 g/mol. The van der Waals surface area contributed by atoms with Gasteiger partial charge in [0, 0.05) is 6.54 Å². The van der Waals surface area contributed by atoms with E-state index in [1.165, 1.54) is 7.11 Å². The molecule has 1 rings (SSSR count). The number of likely N-dealkylation sites (N-methyl/N-ethyl adjacent to an activating group) is 1. The van der Waals surface area contributed by atoms with E-state index in [0.717, 1.165) is 5.56 Å². The van der Waals surface area contributed by atoms with Gasteiger partial charge in [-0.1, -0.05) is 0 Å². The molecule has 0 fully saturated rings. The molecule has 2 N–H and O–H groups in total. The number of aliphatic carboxylic acids is 1. The van der Waals surface area contributed by atoms with Gasteiger partial charge >= 0.3 is 5.97 Å². The Kier molecular flexibility index (Phi) is 4.98. The highest BCUT2D eigenvalue weighted by Gasteiger charge is 2.18. The predicted molar refractivity (Wildman–Crippen MR) is 70.9 cm³/mol. The molecular formula is C12H16BrNO4. The molecule has 6 heteroatoms. The summed E-state index contributed by atoms with van der Waals surface area (Å²) in [7, 11) is 3.20. The summed E-state index contributed by atoms with van der Waals surface area (Å²) in [4.78, 5) is 12.6. The summed E-state index contributed by atoms with van der Waals surface area (Å²) in [5.41, 5.74) is 0.854. The molecule has 5 nitrogen and oxygen atoms in total. The Labute approximate surface area is 114 Å². The van der Waals surface area contributed by atoms with Gasteiger partial charge in [0.05, 0.1) is 11.6 Å².